The fraction of sp³-hybridized carbons (Fsp3) is 0.381. The molecule has 1 aliphatic rings. The molecule has 1 aromatic carbocycles. The molecule has 0 saturated carbocycles. The maximum Gasteiger partial charge on any atom is 0.263 e. The van der Waals surface area contributed by atoms with Crippen LogP contribution < -0.4 is 9.47 Å². The molecule has 0 radical (unpaired) electrons. The molecule has 1 unspecified atom stereocenters. The van der Waals surface area contributed by atoms with E-state index in [2.05, 4.69) is 15.0 Å². The Bertz CT molecular complexity index is 950. The number of hydrogen-bond acceptors (Lipinski definition) is 8. The predicted molar refractivity (Wildman–Crippen MR) is 113 cm³/mol. The molecule has 1 saturated heterocycles. The summed E-state index contributed by atoms with van der Waals surface area (Å²) in [6.07, 6.45) is -0.547. The lowest BCUT2D eigenvalue weighted by atomic mass is 10.2. The first-order valence-corrected chi connectivity index (χ1v) is 10.7. The maximum atomic E-state index is 12.7. The van der Waals surface area contributed by atoms with Crippen molar-refractivity contribution < 1.29 is 18.8 Å². The van der Waals surface area contributed by atoms with Crippen molar-refractivity contribution in [2.75, 3.05) is 33.3 Å². The Morgan fingerprint density at radius 1 is 1.17 bits per heavy atom. The van der Waals surface area contributed by atoms with E-state index in [0.29, 0.717) is 37.1 Å². The molecule has 1 atom stereocenters. The molecule has 0 spiro atoms. The number of methoxy groups -OCH3 is 1. The summed E-state index contributed by atoms with van der Waals surface area (Å²) < 4.78 is 16.3. The highest BCUT2D eigenvalue weighted by atomic mass is 32.1. The number of carbonyl (C=O) groups is 1. The summed E-state index contributed by atoms with van der Waals surface area (Å²) in [6, 6.07) is 11.2. The second-order valence-electron chi connectivity index (χ2n) is 7.03. The molecule has 8 nitrogen and oxygen atoms in total. The number of rotatable bonds is 7. The van der Waals surface area contributed by atoms with Crippen LogP contribution in [0.15, 0.2) is 46.3 Å². The molecule has 1 fully saturated rings. The van der Waals surface area contributed by atoms with Gasteiger partial charge >= 0.3 is 0 Å². The van der Waals surface area contributed by atoms with Crippen LogP contribution in [0.1, 0.15) is 12.8 Å². The molecule has 0 bridgehead atoms. The first-order valence-electron chi connectivity index (χ1n) is 9.80. The van der Waals surface area contributed by atoms with Gasteiger partial charge < -0.3 is 18.9 Å². The van der Waals surface area contributed by atoms with Gasteiger partial charge in [-0.05, 0) is 42.6 Å². The largest absolute Gasteiger partial charge is 0.497 e. The van der Waals surface area contributed by atoms with E-state index in [0.717, 1.165) is 23.7 Å². The molecule has 4 rings (SSSR count). The summed E-state index contributed by atoms with van der Waals surface area (Å²) in [7, 11) is 1.61. The zero-order chi connectivity index (χ0) is 20.9. The van der Waals surface area contributed by atoms with Gasteiger partial charge in [0, 0.05) is 26.2 Å². The minimum atomic E-state index is -0.547. The van der Waals surface area contributed by atoms with Crippen LogP contribution in [0.25, 0.3) is 10.7 Å². The van der Waals surface area contributed by atoms with Crippen molar-refractivity contribution in [3.05, 3.63) is 47.7 Å². The van der Waals surface area contributed by atoms with Crippen molar-refractivity contribution in [2.24, 2.45) is 0 Å². The number of thiophene rings is 1. The van der Waals surface area contributed by atoms with Gasteiger partial charge in [-0.1, -0.05) is 11.2 Å². The van der Waals surface area contributed by atoms with E-state index < -0.39 is 6.10 Å². The Labute approximate surface area is 179 Å². The van der Waals surface area contributed by atoms with Crippen molar-refractivity contribution in [1.29, 1.82) is 0 Å². The molecule has 3 heterocycles. The highest BCUT2D eigenvalue weighted by Crippen LogP contribution is 2.22. The summed E-state index contributed by atoms with van der Waals surface area (Å²) in [5.74, 6) is 2.60. The number of hydrogen-bond donors (Lipinski definition) is 0. The van der Waals surface area contributed by atoms with Gasteiger partial charge in [-0.2, -0.15) is 4.98 Å². The summed E-state index contributed by atoms with van der Waals surface area (Å²) in [5.41, 5.74) is 0. The second-order valence-corrected chi connectivity index (χ2v) is 7.97. The Morgan fingerprint density at radius 3 is 2.57 bits per heavy atom. The molecule has 3 aromatic rings. The van der Waals surface area contributed by atoms with Gasteiger partial charge in [0.2, 0.25) is 11.7 Å². The number of ether oxygens (including phenoxy) is 2. The zero-order valence-electron chi connectivity index (χ0n) is 17.0. The van der Waals surface area contributed by atoms with Gasteiger partial charge in [0.25, 0.3) is 5.91 Å². The summed E-state index contributed by atoms with van der Waals surface area (Å²) in [6.45, 7) is 5.14. The number of nitrogens with zero attached hydrogens (tertiary/aromatic N) is 4. The fourth-order valence-corrected chi connectivity index (χ4v) is 3.96. The average molecular weight is 429 g/mol. The molecule has 158 valence electrons. The molecular formula is C21H24N4O4S. The SMILES string of the molecule is COc1ccc(OC(C)C(=O)N2CCN(Cc3nc(-c4cccs4)no3)CC2)cc1. The third-order valence-corrected chi connectivity index (χ3v) is 5.84. The van der Waals surface area contributed by atoms with Gasteiger partial charge in [0.15, 0.2) is 6.10 Å². The molecule has 2 aromatic heterocycles. The van der Waals surface area contributed by atoms with Crippen molar-refractivity contribution in [3.63, 3.8) is 0 Å². The van der Waals surface area contributed by atoms with Gasteiger partial charge in [0.05, 0.1) is 18.5 Å². The van der Waals surface area contributed by atoms with E-state index in [1.807, 2.05) is 34.5 Å². The monoisotopic (exact) mass is 428 g/mol. The first-order chi connectivity index (χ1) is 14.6. The fourth-order valence-electron chi connectivity index (χ4n) is 3.31. The van der Waals surface area contributed by atoms with Crippen LogP contribution >= 0.6 is 11.3 Å². The predicted octanol–water partition coefficient (Wildman–Crippen LogP) is 2.92. The summed E-state index contributed by atoms with van der Waals surface area (Å²) >= 11 is 1.58. The van der Waals surface area contributed by atoms with Crippen LogP contribution in [0, 0.1) is 0 Å². The zero-order valence-corrected chi connectivity index (χ0v) is 17.8. The smallest absolute Gasteiger partial charge is 0.263 e. The molecule has 0 N–H and O–H groups in total. The normalized spacial score (nSPS) is 15.7. The van der Waals surface area contributed by atoms with Gasteiger partial charge in [-0.15, -0.1) is 11.3 Å². The number of aromatic nitrogens is 2. The lowest BCUT2D eigenvalue weighted by molar-refractivity contribution is -0.139. The lowest BCUT2D eigenvalue weighted by Crippen LogP contribution is -2.51. The summed E-state index contributed by atoms with van der Waals surface area (Å²) in [4.78, 5) is 22.3. The van der Waals surface area contributed by atoms with E-state index in [9.17, 15) is 4.79 Å². The van der Waals surface area contributed by atoms with E-state index in [1.54, 1.807) is 37.5 Å². The number of piperazine rings is 1. The Hall–Kier alpha value is -2.91. The van der Waals surface area contributed by atoms with Gasteiger partial charge in [-0.3, -0.25) is 9.69 Å². The quantitative estimate of drug-likeness (QED) is 0.572. The third kappa shape index (κ3) is 4.80. The minimum Gasteiger partial charge on any atom is -0.497 e. The highest BCUT2D eigenvalue weighted by Gasteiger charge is 2.27. The van der Waals surface area contributed by atoms with Crippen LogP contribution in [-0.2, 0) is 11.3 Å². The molecule has 9 heteroatoms. The molecule has 1 aliphatic heterocycles. The van der Waals surface area contributed by atoms with Crippen LogP contribution in [-0.4, -0.2) is 65.2 Å². The van der Waals surface area contributed by atoms with E-state index >= 15 is 0 Å². The minimum absolute atomic E-state index is 0.0109. The molecular weight excluding hydrogens is 404 g/mol. The number of benzene rings is 1. The first kappa shape index (κ1) is 20.4. The average Bonchev–Trinajstić information content (AvgIpc) is 3.46. The van der Waals surface area contributed by atoms with Gasteiger partial charge in [-0.25, -0.2) is 0 Å². The topological polar surface area (TPSA) is 80.9 Å². The maximum absolute atomic E-state index is 12.7. The van der Waals surface area contributed by atoms with Crippen LogP contribution in [0.2, 0.25) is 0 Å². The molecule has 0 aliphatic carbocycles. The van der Waals surface area contributed by atoms with Crippen molar-refractivity contribution in [2.45, 2.75) is 19.6 Å². The Morgan fingerprint density at radius 2 is 1.90 bits per heavy atom. The number of carbonyl (C=O) groups excluding carboxylic acids is 1. The standard InChI is InChI=1S/C21H24N4O4S/c1-15(28-17-7-5-16(27-2)6-8-17)21(26)25-11-9-24(10-12-25)14-19-22-20(23-29-19)18-4-3-13-30-18/h3-8,13,15H,9-12,14H2,1-2H3. The van der Waals surface area contributed by atoms with E-state index in [1.165, 1.54) is 0 Å². The second kappa shape index (κ2) is 9.27. The third-order valence-electron chi connectivity index (χ3n) is 4.97. The van der Waals surface area contributed by atoms with Crippen molar-refractivity contribution in [1.82, 2.24) is 19.9 Å². The highest BCUT2D eigenvalue weighted by molar-refractivity contribution is 7.13. The number of amides is 1. The van der Waals surface area contributed by atoms with Crippen molar-refractivity contribution >= 4 is 17.2 Å². The van der Waals surface area contributed by atoms with Crippen molar-refractivity contribution in [3.8, 4) is 22.2 Å². The summed E-state index contributed by atoms with van der Waals surface area (Å²) in [5, 5.41) is 6.04. The lowest BCUT2D eigenvalue weighted by Gasteiger charge is -2.35. The van der Waals surface area contributed by atoms with Gasteiger partial charge in [0.1, 0.15) is 11.5 Å². The Kier molecular flexibility index (Phi) is 6.29. The molecule has 30 heavy (non-hydrogen) atoms. The van der Waals surface area contributed by atoms with Crippen LogP contribution in [0.3, 0.4) is 0 Å². The molecule has 1 amide bonds. The van der Waals surface area contributed by atoms with E-state index in [4.69, 9.17) is 14.0 Å². The Balaban J connectivity index is 1.25. The van der Waals surface area contributed by atoms with Crippen LogP contribution in [0.4, 0.5) is 0 Å². The van der Waals surface area contributed by atoms with E-state index in [-0.39, 0.29) is 5.91 Å². The van der Waals surface area contributed by atoms with Crippen LogP contribution in [0.5, 0.6) is 11.5 Å².